The summed E-state index contributed by atoms with van der Waals surface area (Å²) in [6, 6.07) is 5.51. The van der Waals surface area contributed by atoms with E-state index in [4.69, 9.17) is 5.84 Å². The minimum absolute atomic E-state index is 0.000944. The number of benzene rings is 1. The Labute approximate surface area is 120 Å². The molecule has 5 heteroatoms. The maximum Gasteiger partial charge on any atom is 0.251 e. The third-order valence-corrected chi connectivity index (χ3v) is 4.01. The number of anilines is 1. The number of hydrogen-bond donors (Lipinski definition) is 3. The molecule has 110 valence electrons. The van der Waals surface area contributed by atoms with Crippen molar-refractivity contribution < 1.29 is 4.79 Å². The molecule has 1 saturated heterocycles. The van der Waals surface area contributed by atoms with E-state index in [1.807, 2.05) is 25.1 Å². The van der Waals surface area contributed by atoms with E-state index in [0.717, 1.165) is 37.4 Å². The quantitative estimate of drug-likeness (QED) is 0.561. The second kappa shape index (κ2) is 6.72. The molecule has 1 aromatic rings. The van der Waals surface area contributed by atoms with Crippen LogP contribution in [0, 0.1) is 12.8 Å². The number of hydrazine groups is 1. The van der Waals surface area contributed by atoms with Crippen LogP contribution in [-0.4, -0.2) is 37.0 Å². The topological polar surface area (TPSA) is 70.4 Å². The first kappa shape index (κ1) is 14.8. The SMILES string of the molecule is CCN1CCC(CNC(=O)c2ccc(NN)cc2C)C1. The molecule has 0 aliphatic carbocycles. The highest BCUT2D eigenvalue weighted by atomic mass is 16.1. The molecule has 20 heavy (non-hydrogen) atoms. The van der Waals surface area contributed by atoms with Crippen LogP contribution in [0.15, 0.2) is 18.2 Å². The summed E-state index contributed by atoms with van der Waals surface area (Å²) in [6.07, 6.45) is 1.17. The molecule has 0 bridgehead atoms. The van der Waals surface area contributed by atoms with Gasteiger partial charge in [-0.1, -0.05) is 6.92 Å². The Hall–Kier alpha value is -1.59. The highest BCUT2D eigenvalue weighted by Gasteiger charge is 2.21. The lowest BCUT2D eigenvalue weighted by molar-refractivity contribution is 0.0947. The van der Waals surface area contributed by atoms with Gasteiger partial charge in [0.15, 0.2) is 0 Å². The van der Waals surface area contributed by atoms with Crippen LogP contribution in [0.25, 0.3) is 0 Å². The van der Waals surface area contributed by atoms with Gasteiger partial charge in [0.05, 0.1) is 0 Å². The molecule has 2 rings (SSSR count). The summed E-state index contributed by atoms with van der Waals surface area (Å²) in [5.74, 6) is 5.93. The second-order valence-electron chi connectivity index (χ2n) is 5.43. The Morgan fingerprint density at radius 2 is 2.30 bits per heavy atom. The fraction of sp³-hybridized carbons (Fsp3) is 0.533. The van der Waals surface area contributed by atoms with Crippen LogP contribution >= 0.6 is 0 Å². The van der Waals surface area contributed by atoms with Crippen LogP contribution in [0.4, 0.5) is 5.69 Å². The summed E-state index contributed by atoms with van der Waals surface area (Å²) < 4.78 is 0. The van der Waals surface area contributed by atoms with Crippen LogP contribution in [0.5, 0.6) is 0 Å². The Bertz CT molecular complexity index is 475. The Morgan fingerprint density at radius 1 is 1.50 bits per heavy atom. The lowest BCUT2D eigenvalue weighted by atomic mass is 10.1. The molecule has 1 aromatic carbocycles. The number of rotatable bonds is 5. The minimum atomic E-state index is 0.000944. The van der Waals surface area contributed by atoms with Gasteiger partial charge in [-0.2, -0.15) is 0 Å². The molecule has 1 amide bonds. The van der Waals surface area contributed by atoms with Gasteiger partial charge in [-0.3, -0.25) is 10.6 Å². The molecule has 1 aliphatic rings. The van der Waals surface area contributed by atoms with Gasteiger partial charge < -0.3 is 15.6 Å². The van der Waals surface area contributed by atoms with E-state index in [0.29, 0.717) is 11.5 Å². The largest absolute Gasteiger partial charge is 0.352 e. The monoisotopic (exact) mass is 276 g/mol. The smallest absolute Gasteiger partial charge is 0.251 e. The van der Waals surface area contributed by atoms with Gasteiger partial charge in [0.25, 0.3) is 5.91 Å². The van der Waals surface area contributed by atoms with E-state index in [1.54, 1.807) is 0 Å². The molecule has 0 saturated carbocycles. The van der Waals surface area contributed by atoms with Crippen molar-refractivity contribution in [1.29, 1.82) is 0 Å². The molecule has 4 N–H and O–H groups in total. The minimum Gasteiger partial charge on any atom is -0.352 e. The first-order chi connectivity index (χ1) is 9.63. The number of nitrogens with two attached hydrogens (primary N) is 1. The maximum absolute atomic E-state index is 12.2. The van der Waals surface area contributed by atoms with Crippen molar-refractivity contribution in [2.24, 2.45) is 11.8 Å². The molecule has 0 spiro atoms. The molecule has 5 nitrogen and oxygen atoms in total. The van der Waals surface area contributed by atoms with Gasteiger partial charge in [-0.25, -0.2) is 0 Å². The number of nitrogens with one attached hydrogen (secondary N) is 2. The maximum atomic E-state index is 12.2. The van der Waals surface area contributed by atoms with Crippen LogP contribution in [0.1, 0.15) is 29.3 Å². The molecular formula is C15H24N4O. The van der Waals surface area contributed by atoms with Crippen molar-refractivity contribution in [3.8, 4) is 0 Å². The molecule has 1 aliphatic heterocycles. The molecule has 1 atom stereocenters. The highest BCUT2D eigenvalue weighted by molar-refractivity contribution is 5.96. The van der Waals surface area contributed by atoms with E-state index in [2.05, 4.69) is 22.6 Å². The van der Waals surface area contributed by atoms with E-state index in [-0.39, 0.29) is 5.91 Å². The number of amides is 1. The summed E-state index contributed by atoms with van der Waals surface area (Å²) in [5, 5.41) is 3.05. The summed E-state index contributed by atoms with van der Waals surface area (Å²) in [7, 11) is 0. The van der Waals surface area contributed by atoms with Gasteiger partial charge in [0, 0.05) is 24.3 Å². The fourth-order valence-corrected chi connectivity index (χ4v) is 2.71. The van der Waals surface area contributed by atoms with Crippen molar-refractivity contribution in [2.75, 3.05) is 31.6 Å². The number of aryl methyl sites for hydroxylation is 1. The lowest BCUT2D eigenvalue weighted by Gasteiger charge is -2.14. The van der Waals surface area contributed by atoms with Crippen LogP contribution in [0.3, 0.4) is 0 Å². The van der Waals surface area contributed by atoms with Gasteiger partial charge in [-0.05, 0) is 56.1 Å². The van der Waals surface area contributed by atoms with Crippen molar-refractivity contribution in [3.63, 3.8) is 0 Å². The predicted molar refractivity (Wildman–Crippen MR) is 81.5 cm³/mol. The number of carbonyl (C=O) groups is 1. The van der Waals surface area contributed by atoms with Crippen molar-refractivity contribution in [2.45, 2.75) is 20.3 Å². The molecule has 1 unspecified atom stereocenters. The fourth-order valence-electron chi connectivity index (χ4n) is 2.71. The summed E-state index contributed by atoms with van der Waals surface area (Å²) in [4.78, 5) is 14.6. The van der Waals surface area contributed by atoms with Gasteiger partial charge >= 0.3 is 0 Å². The molecule has 0 radical (unpaired) electrons. The average molecular weight is 276 g/mol. The zero-order valence-electron chi connectivity index (χ0n) is 12.3. The van der Waals surface area contributed by atoms with Crippen molar-refractivity contribution >= 4 is 11.6 Å². The first-order valence-corrected chi connectivity index (χ1v) is 7.21. The lowest BCUT2D eigenvalue weighted by Crippen LogP contribution is -2.31. The zero-order chi connectivity index (χ0) is 14.5. The Morgan fingerprint density at radius 3 is 2.90 bits per heavy atom. The molecule has 0 aromatic heterocycles. The predicted octanol–water partition coefficient (Wildman–Crippen LogP) is 1.35. The zero-order valence-corrected chi connectivity index (χ0v) is 12.3. The third kappa shape index (κ3) is 3.49. The highest BCUT2D eigenvalue weighted by Crippen LogP contribution is 2.16. The van der Waals surface area contributed by atoms with E-state index < -0.39 is 0 Å². The van der Waals surface area contributed by atoms with Crippen LogP contribution < -0.4 is 16.6 Å². The van der Waals surface area contributed by atoms with Gasteiger partial charge in [-0.15, -0.1) is 0 Å². The molecular weight excluding hydrogens is 252 g/mol. The molecule has 1 fully saturated rings. The Kier molecular flexibility index (Phi) is 4.98. The number of nitrogen functional groups attached to an aromatic ring is 1. The van der Waals surface area contributed by atoms with Crippen LogP contribution in [0.2, 0.25) is 0 Å². The second-order valence-corrected chi connectivity index (χ2v) is 5.43. The van der Waals surface area contributed by atoms with Crippen LogP contribution in [-0.2, 0) is 0 Å². The van der Waals surface area contributed by atoms with Crippen molar-refractivity contribution in [1.82, 2.24) is 10.2 Å². The number of hydrogen-bond acceptors (Lipinski definition) is 4. The molecule has 1 heterocycles. The number of nitrogens with zero attached hydrogens (tertiary/aromatic N) is 1. The standard InChI is InChI=1S/C15H24N4O/c1-3-19-7-6-12(10-19)9-17-15(20)14-5-4-13(18-16)8-11(14)2/h4-5,8,12,18H,3,6-7,9-10,16H2,1-2H3,(H,17,20). The Balaban J connectivity index is 1.89. The summed E-state index contributed by atoms with van der Waals surface area (Å²) in [6.45, 7) is 8.18. The van der Waals surface area contributed by atoms with E-state index >= 15 is 0 Å². The number of likely N-dealkylation sites (tertiary alicyclic amines) is 1. The van der Waals surface area contributed by atoms with E-state index in [9.17, 15) is 4.79 Å². The van der Waals surface area contributed by atoms with Crippen molar-refractivity contribution in [3.05, 3.63) is 29.3 Å². The third-order valence-electron chi connectivity index (χ3n) is 4.01. The average Bonchev–Trinajstić information content (AvgIpc) is 2.92. The first-order valence-electron chi connectivity index (χ1n) is 7.21. The summed E-state index contributed by atoms with van der Waals surface area (Å²) in [5.41, 5.74) is 5.05. The number of carbonyl (C=O) groups excluding carboxylic acids is 1. The van der Waals surface area contributed by atoms with Gasteiger partial charge in [0.1, 0.15) is 0 Å². The van der Waals surface area contributed by atoms with E-state index in [1.165, 1.54) is 6.42 Å². The normalized spacial score (nSPS) is 19.1. The van der Waals surface area contributed by atoms with Gasteiger partial charge in [0.2, 0.25) is 0 Å². The summed E-state index contributed by atoms with van der Waals surface area (Å²) >= 11 is 0.